The van der Waals surface area contributed by atoms with Gasteiger partial charge in [-0.3, -0.25) is 0 Å². The standard InChI is InChI=1S/C19H30O2/c1-3-5-7-9-16-13-17(10-8-6-4-2)15-18(14-16)11-12-19(20)21/h13-15H,3-12H2,1-2H3,(H,20,21)/p-1. The molecule has 0 saturated heterocycles. The minimum Gasteiger partial charge on any atom is -0.550 e. The molecule has 0 bridgehead atoms. The van der Waals surface area contributed by atoms with E-state index in [9.17, 15) is 9.90 Å². The molecular weight excluding hydrogens is 260 g/mol. The van der Waals surface area contributed by atoms with Gasteiger partial charge >= 0.3 is 0 Å². The maximum Gasteiger partial charge on any atom is 0.0417 e. The van der Waals surface area contributed by atoms with E-state index in [0.717, 1.165) is 18.4 Å². The first-order valence-corrected chi connectivity index (χ1v) is 8.47. The molecule has 2 nitrogen and oxygen atoms in total. The molecule has 0 aliphatic carbocycles. The summed E-state index contributed by atoms with van der Waals surface area (Å²) in [7, 11) is 0. The maximum atomic E-state index is 10.7. The van der Waals surface area contributed by atoms with E-state index in [1.165, 1.54) is 49.7 Å². The van der Waals surface area contributed by atoms with Crippen LogP contribution in [0.25, 0.3) is 0 Å². The maximum absolute atomic E-state index is 10.7. The van der Waals surface area contributed by atoms with Crippen LogP contribution in [-0.4, -0.2) is 5.97 Å². The highest BCUT2D eigenvalue weighted by Gasteiger charge is 2.03. The Morgan fingerprint density at radius 1 is 0.810 bits per heavy atom. The average Bonchev–Trinajstić information content (AvgIpc) is 2.46. The lowest BCUT2D eigenvalue weighted by Crippen LogP contribution is -2.22. The van der Waals surface area contributed by atoms with Crippen molar-refractivity contribution in [2.45, 2.75) is 78.1 Å². The van der Waals surface area contributed by atoms with E-state index in [-0.39, 0.29) is 6.42 Å². The van der Waals surface area contributed by atoms with Gasteiger partial charge in [-0.2, -0.15) is 0 Å². The van der Waals surface area contributed by atoms with Crippen molar-refractivity contribution in [1.29, 1.82) is 0 Å². The number of rotatable bonds is 11. The second-order valence-electron chi connectivity index (χ2n) is 5.94. The molecule has 1 aromatic carbocycles. The molecule has 0 N–H and O–H groups in total. The van der Waals surface area contributed by atoms with Gasteiger partial charge in [0.05, 0.1) is 0 Å². The number of carboxylic acids is 1. The number of hydrogen-bond acceptors (Lipinski definition) is 2. The van der Waals surface area contributed by atoms with Gasteiger partial charge in [0.1, 0.15) is 0 Å². The molecule has 21 heavy (non-hydrogen) atoms. The quantitative estimate of drug-likeness (QED) is 0.581. The predicted octanol–water partition coefficient (Wildman–Crippen LogP) is 3.83. The Morgan fingerprint density at radius 2 is 1.24 bits per heavy atom. The van der Waals surface area contributed by atoms with Crippen molar-refractivity contribution in [1.82, 2.24) is 0 Å². The molecule has 1 aromatic rings. The molecule has 0 saturated carbocycles. The number of benzene rings is 1. The highest BCUT2D eigenvalue weighted by Crippen LogP contribution is 2.17. The number of carbonyl (C=O) groups is 1. The van der Waals surface area contributed by atoms with Gasteiger partial charge in [-0.25, -0.2) is 0 Å². The largest absolute Gasteiger partial charge is 0.550 e. The fourth-order valence-electron chi connectivity index (χ4n) is 2.68. The lowest BCUT2D eigenvalue weighted by molar-refractivity contribution is -0.305. The Balaban J connectivity index is 2.72. The zero-order valence-corrected chi connectivity index (χ0v) is 13.6. The van der Waals surface area contributed by atoms with Crippen molar-refractivity contribution in [3.05, 3.63) is 34.9 Å². The number of unbranched alkanes of at least 4 members (excludes halogenated alkanes) is 4. The van der Waals surface area contributed by atoms with Gasteiger partial charge < -0.3 is 9.90 Å². The van der Waals surface area contributed by atoms with E-state index in [2.05, 4.69) is 32.0 Å². The molecular formula is C19H29O2-. The zero-order valence-electron chi connectivity index (χ0n) is 13.6. The molecule has 0 fully saturated rings. The minimum atomic E-state index is -0.959. The molecule has 0 spiro atoms. The fraction of sp³-hybridized carbons (Fsp3) is 0.632. The summed E-state index contributed by atoms with van der Waals surface area (Å²) < 4.78 is 0. The van der Waals surface area contributed by atoms with Crippen LogP contribution in [0.15, 0.2) is 18.2 Å². The molecule has 0 atom stereocenters. The van der Waals surface area contributed by atoms with Gasteiger partial charge in [0.15, 0.2) is 0 Å². The van der Waals surface area contributed by atoms with E-state index >= 15 is 0 Å². The summed E-state index contributed by atoms with van der Waals surface area (Å²) >= 11 is 0. The van der Waals surface area contributed by atoms with Crippen LogP contribution in [0.1, 0.15) is 75.5 Å². The van der Waals surface area contributed by atoms with Gasteiger partial charge in [-0.05, 0) is 55.2 Å². The highest BCUT2D eigenvalue weighted by molar-refractivity contribution is 5.64. The Morgan fingerprint density at radius 3 is 1.62 bits per heavy atom. The van der Waals surface area contributed by atoms with Crippen molar-refractivity contribution < 1.29 is 9.90 Å². The normalized spacial score (nSPS) is 10.8. The first-order chi connectivity index (χ1) is 10.2. The van der Waals surface area contributed by atoms with Crippen molar-refractivity contribution in [2.75, 3.05) is 0 Å². The molecule has 0 aliphatic heterocycles. The summed E-state index contributed by atoms with van der Waals surface area (Å²) in [6, 6.07) is 6.68. The van der Waals surface area contributed by atoms with Crippen LogP contribution in [-0.2, 0) is 24.1 Å². The monoisotopic (exact) mass is 289 g/mol. The summed E-state index contributed by atoms with van der Waals surface area (Å²) in [5.41, 5.74) is 3.89. The van der Waals surface area contributed by atoms with E-state index in [0.29, 0.717) is 6.42 Å². The van der Waals surface area contributed by atoms with Crippen LogP contribution in [0.4, 0.5) is 0 Å². The summed E-state index contributed by atoms with van der Waals surface area (Å²) in [4.78, 5) is 10.7. The van der Waals surface area contributed by atoms with Crippen LogP contribution < -0.4 is 5.11 Å². The molecule has 0 radical (unpaired) electrons. The Labute approximate surface area is 129 Å². The third kappa shape index (κ3) is 7.89. The molecule has 0 amide bonds. The lowest BCUT2D eigenvalue weighted by Gasteiger charge is -2.10. The van der Waals surface area contributed by atoms with Gasteiger partial charge in [0.2, 0.25) is 0 Å². The third-order valence-corrected chi connectivity index (χ3v) is 3.87. The van der Waals surface area contributed by atoms with Crippen LogP contribution in [0, 0.1) is 0 Å². The van der Waals surface area contributed by atoms with E-state index in [1.807, 2.05) is 0 Å². The van der Waals surface area contributed by atoms with Crippen molar-refractivity contribution in [2.24, 2.45) is 0 Å². The number of aryl methyl sites for hydroxylation is 3. The van der Waals surface area contributed by atoms with E-state index < -0.39 is 5.97 Å². The summed E-state index contributed by atoms with van der Waals surface area (Å²) in [5, 5.41) is 10.7. The molecule has 1 rings (SSSR count). The van der Waals surface area contributed by atoms with Crippen LogP contribution in [0.2, 0.25) is 0 Å². The smallest absolute Gasteiger partial charge is 0.0417 e. The summed E-state index contributed by atoms with van der Waals surface area (Å²) in [6.07, 6.45) is 10.3. The molecule has 118 valence electrons. The number of hydrogen-bond donors (Lipinski definition) is 0. The summed E-state index contributed by atoms with van der Waals surface area (Å²) in [6.45, 7) is 4.43. The van der Waals surface area contributed by atoms with Gasteiger partial charge in [-0.15, -0.1) is 0 Å². The molecule has 0 heterocycles. The second kappa shape index (κ2) is 10.4. The highest BCUT2D eigenvalue weighted by atomic mass is 16.4. The molecule has 2 heteroatoms. The SMILES string of the molecule is CCCCCc1cc(CCCCC)cc(CCC(=O)[O-])c1. The predicted molar refractivity (Wildman–Crippen MR) is 86.2 cm³/mol. The third-order valence-electron chi connectivity index (χ3n) is 3.87. The Kier molecular flexibility index (Phi) is 8.80. The van der Waals surface area contributed by atoms with E-state index in [4.69, 9.17) is 0 Å². The molecule has 0 unspecified atom stereocenters. The van der Waals surface area contributed by atoms with Crippen molar-refractivity contribution in [3.63, 3.8) is 0 Å². The van der Waals surface area contributed by atoms with Crippen molar-refractivity contribution in [3.8, 4) is 0 Å². The van der Waals surface area contributed by atoms with Crippen LogP contribution in [0.3, 0.4) is 0 Å². The number of carbonyl (C=O) groups excluding carboxylic acids is 1. The number of aliphatic carboxylic acids is 1. The molecule has 0 aliphatic rings. The van der Waals surface area contributed by atoms with Crippen molar-refractivity contribution >= 4 is 5.97 Å². The lowest BCUT2D eigenvalue weighted by atomic mass is 9.96. The van der Waals surface area contributed by atoms with Gasteiger partial charge in [0.25, 0.3) is 0 Å². The van der Waals surface area contributed by atoms with Crippen LogP contribution in [0.5, 0.6) is 0 Å². The van der Waals surface area contributed by atoms with Crippen LogP contribution >= 0.6 is 0 Å². The Hall–Kier alpha value is -1.31. The van der Waals surface area contributed by atoms with E-state index in [1.54, 1.807) is 0 Å². The fourth-order valence-corrected chi connectivity index (χ4v) is 2.68. The topological polar surface area (TPSA) is 40.1 Å². The Bertz CT molecular complexity index is 395. The first-order valence-electron chi connectivity index (χ1n) is 8.47. The summed E-state index contributed by atoms with van der Waals surface area (Å²) in [5.74, 6) is -0.959. The second-order valence-corrected chi connectivity index (χ2v) is 5.94. The number of carboxylic acid groups (broad SMARTS) is 1. The minimum absolute atomic E-state index is 0.118. The first kappa shape index (κ1) is 17.7. The van der Waals surface area contributed by atoms with Gasteiger partial charge in [0, 0.05) is 5.97 Å². The average molecular weight is 289 g/mol. The van der Waals surface area contributed by atoms with Gasteiger partial charge in [-0.1, -0.05) is 57.7 Å². The molecule has 0 aromatic heterocycles. The zero-order chi connectivity index (χ0) is 15.5.